The molecule has 3 nitrogen and oxygen atoms in total. The van der Waals surface area contributed by atoms with Crippen molar-refractivity contribution in [2.75, 3.05) is 14.1 Å². The summed E-state index contributed by atoms with van der Waals surface area (Å²) in [5, 5.41) is 0. The number of alkyl halides is 1. The number of hydrogen-bond donors (Lipinski definition) is 0. The minimum Gasteiger partial charge on any atom is -0.441 e. The molecular weight excluding hydrogens is 178 g/mol. The summed E-state index contributed by atoms with van der Waals surface area (Å²) in [6.07, 6.45) is 1.09. The van der Waals surface area contributed by atoms with E-state index in [1.165, 1.54) is 0 Å². The number of carbonyl (C=O) groups is 1. The molecule has 4 heteroatoms. The van der Waals surface area contributed by atoms with Gasteiger partial charge in [0.25, 0.3) is 0 Å². The van der Waals surface area contributed by atoms with Crippen molar-refractivity contribution in [2.24, 2.45) is 0 Å². The Morgan fingerprint density at radius 2 is 2.17 bits per heavy atom. The van der Waals surface area contributed by atoms with E-state index in [0.717, 1.165) is 6.08 Å². The van der Waals surface area contributed by atoms with Gasteiger partial charge in [-0.15, -0.1) is 0 Å². The number of likely N-dealkylation sites (N-methyl/N-ethyl adjacent to an activating group) is 1. The number of ether oxygens (including phenoxy) is 1. The maximum absolute atomic E-state index is 10.7. The van der Waals surface area contributed by atoms with Gasteiger partial charge in [0.2, 0.25) is 0 Å². The molecule has 12 heavy (non-hydrogen) atoms. The Labute approximate surface area is 77.9 Å². The quantitative estimate of drug-likeness (QED) is 0.380. The van der Waals surface area contributed by atoms with Crippen LogP contribution in [0.5, 0.6) is 0 Å². The molecule has 0 spiro atoms. The van der Waals surface area contributed by atoms with Crippen LogP contribution in [0.1, 0.15) is 6.92 Å². The van der Waals surface area contributed by atoms with E-state index in [0.29, 0.717) is 0 Å². The Kier molecular flexibility index (Phi) is 4.93. The van der Waals surface area contributed by atoms with Crippen LogP contribution >= 0.6 is 11.6 Å². The number of halogens is 1. The lowest BCUT2D eigenvalue weighted by atomic mass is 10.3. The van der Waals surface area contributed by atoms with Gasteiger partial charge >= 0.3 is 5.97 Å². The first-order valence-electron chi connectivity index (χ1n) is 3.62. The lowest BCUT2D eigenvalue weighted by Crippen LogP contribution is -2.35. The zero-order valence-electron chi connectivity index (χ0n) is 7.58. The molecule has 0 aliphatic rings. The Morgan fingerprint density at radius 1 is 1.67 bits per heavy atom. The van der Waals surface area contributed by atoms with Crippen molar-refractivity contribution >= 4 is 17.6 Å². The van der Waals surface area contributed by atoms with Gasteiger partial charge in [-0.3, -0.25) is 0 Å². The van der Waals surface area contributed by atoms with Crippen molar-refractivity contribution in [3.05, 3.63) is 12.7 Å². The van der Waals surface area contributed by atoms with E-state index >= 15 is 0 Å². The van der Waals surface area contributed by atoms with Crippen LogP contribution in [-0.2, 0) is 9.53 Å². The summed E-state index contributed by atoms with van der Waals surface area (Å²) in [5.74, 6) is -0.497. The molecule has 0 heterocycles. The molecule has 70 valence electrons. The molecule has 0 radical (unpaired) electrons. The number of esters is 1. The molecule has 0 fully saturated rings. The molecule has 0 saturated carbocycles. The Morgan fingerprint density at radius 3 is 2.50 bits per heavy atom. The van der Waals surface area contributed by atoms with Crippen molar-refractivity contribution in [2.45, 2.75) is 18.5 Å². The smallest absolute Gasteiger partial charge is 0.331 e. The molecule has 0 aromatic heterocycles. The average Bonchev–Trinajstić information content (AvgIpc) is 2.02. The van der Waals surface area contributed by atoms with Gasteiger partial charge in [0.15, 0.2) is 5.56 Å². The van der Waals surface area contributed by atoms with Crippen LogP contribution in [0, 0.1) is 0 Å². The number of hydrogen-bond acceptors (Lipinski definition) is 3. The fraction of sp³-hybridized carbons (Fsp3) is 0.625. The summed E-state index contributed by atoms with van der Waals surface area (Å²) in [4.78, 5) is 12.6. The van der Waals surface area contributed by atoms with Crippen LogP contribution in [0.4, 0.5) is 0 Å². The van der Waals surface area contributed by atoms with E-state index in [-0.39, 0.29) is 6.04 Å². The van der Waals surface area contributed by atoms with Crippen molar-refractivity contribution in [3.8, 4) is 0 Å². The largest absolute Gasteiger partial charge is 0.441 e. The van der Waals surface area contributed by atoms with Crippen LogP contribution < -0.4 is 0 Å². The highest BCUT2D eigenvalue weighted by molar-refractivity contribution is 6.20. The molecule has 0 aliphatic heterocycles. The lowest BCUT2D eigenvalue weighted by molar-refractivity contribution is -0.141. The van der Waals surface area contributed by atoms with Gasteiger partial charge in [-0.1, -0.05) is 18.2 Å². The van der Waals surface area contributed by atoms with E-state index in [1.54, 1.807) is 0 Å². The third-order valence-electron chi connectivity index (χ3n) is 1.59. The molecule has 0 aromatic carbocycles. The zero-order valence-corrected chi connectivity index (χ0v) is 8.34. The number of carbonyl (C=O) groups excluding carboxylic acids is 1. The second-order valence-electron chi connectivity index (χ2n) is 2.70. The second kappa shape index (κ2) is 5.17. The van der Waals surface area contributed by atoms with Gasteiger partial charge < -0.3 is 9.64 Å². The van der Waals surface area contributed by atoms with Gasteiger partial charge in [-0.25, -0.2) is 4.79 Å². The summed E-state index contributed by atoms with van der Waals surface area (Å²) >= 11 is 5.77. The first kappa shape index (κ1) is 11.5. The second-order valence-corrected chi connectivity index (χ2v) is 3.13. The van der Waals surface area contributed by atoms with Crippen LogP contribution in [0.2, 0.25) is 0 Å². The predicted molar refractivity (Wildman–Crippen MR) is 49.1 cm³/mol. The predicted octanol–water partition coefficient (Wildman–Crippen LogP) is 1.23. The molecule has 0 saturated heterocycles. The highest BCUT2D eigenvalue weighted by Gasteiger charge is 2.18. The number of rotatable bonds is 4. The number of nitrogens with zero attached hydrogens (tertiary/aromatic N) is 1. The summed E-state index contributed by atoms with van der Waals surface area (Å²) in [6.45, 7) is 5.14. The monoisotopic (exact) mass is 191 g/mol. The SMILES string of the molecule is C=CC(=O)OC(Cl)C(C)N(C)C. The van der Waals surface area contributed by atoms with Crippen LogP contribution in [0.15, 0.2) is 12.7 Å². The molecule has 0 aromatic rings. The first-order valence-corrected chi connectivity index (χ1v) is 4.06. The van der Waals surface area contributed by atoms with Gasteiger partial charge in [-0.05, 0) is 21.0 Å². The van der Waals surface area contributed by atoms with Crippen molar-refractivity contribution < 1.29 is 9.53 Å². The molecule has 0 N–H and O–H groups in total. The third kappa shape index (κ3) is 3.74. The van der Waals surface area contributed by atoms with Crippen molar-refractivity contribution in [1.29, 1.82) is 0 Å². The topological polar surface area (TPSA) is 29.5 Å². The van der Waals surface area contributed by atoms with Gasteiger partial charge in [0, 0.05) is 6.08 Å². The van der Waals surface area contributed by atoms with Gasteiger partial charge in [0.1, 0.15) is 0 Å². The van der Waals surface area contributed by atoms with Gasteiger partial charge in [-0.2, -0.15) is 0 Å². The molecule has 2 unspecified atom stereocenters. The maximum atomic E-state index is 10.7. The molecule has 0 bridgehead atoms. The van der Waals surface area contributed by atoms with E-state index < -0.39 is 11.5 Å². The first-order chi connectivity index (χ1) is 5.49. The van der Waals surface area contributed by atoms with Crippen molar-refractivity contribution in [3.63, 3.8) is 0 Å². The van der Waals surface area contributed by atoms with E-state index in [2.05, 4.69) is 6.58 Å². The average molecular weight is 192 g/mol. The summed E-state index contributed by atoms with van der Waals surface area (Å²) in [6, 6.07) is -0.0180. The Hall–Kier alpha value is -0.540. The normalized spacial score (nSPS) is 15.4. The third-order valence-corrected chi connectivity index (χ3v) is 2.04. The van der Waals surface area contributed by atoms with Crippen LogP contribution in [0.3, 0.4) is 0 Å². The minimum absolute atomic E-state index is 0.0180. The van der Waals surface area contributed by atoms with Crippen LogP contribution in [0.25, 0.3) is 0 Å². The van der Waals surface area contributed by atoms with E-state index in [9.17, 15) is 4.79 Å². The minimum atomic E-state index is -0.634. The summed E-state index contributed by atoms with van der Waals surface area (Å²) in [5.41, 5.74) is -0.634. The fourth-order valence-electron chi connectivity index (χ4n) is 0.492. The highest BCUT2D eigenvalue weighted by Crippen LogP contribution is 2.09. The molecule has 2 atom stereocenters. The van der Waals surface area contributed by atoms with Crippen molar-refractivity contribution in [1.82, 2.24) is 4.90 Å². The molecular formula is C8H14ClNO2. The molecule has 0 aliphatic carbocycles. The Balaban J connectivity index is 3.94. The molecule has 0 rings (SSSR count). The maximum Gasteiger partial charge on any atom is 0.331 e. The molecule has 0 amide bonds. The fourth-order valence-corrected chi connectivity index (χ4v) is 0.805. The van der Waals surface area contributed by atoms with E-state index in [1.807, 2.05) is 25.9 Å². The highest BCUT2D eigenvalue weighted by atomic mass is 35.5. The standard InChI is InChI=1S/C8H14ClNO2/c1-5-7(11)12-8(9)6(2)10(3)4/h5-6,8H,1H2,2-4H3. The Bertz CT molecular complexity index is 170. The zero-order chi connectivity index (χ0) is 9.72. The summed E-state index contributed by atoms with van der Waals surface area (Å²) in [7, 11) is 3.73. The van der Waals surface area contributed by atoms with Gasteiger partial charge in [0.05, 0.1) is 6.04 Å². The lowest BCUT2D eigenvalue weighted by Gasteiger charge is -2.23. The summed E-state index contributed by atoms with van der Waals surface area (Å²) < 4.78 is 4.79. The van der Waals surface area contributed by atoms with E-state index in [4.69, 9.17) is 16.3 Å². The van der Waals surface area contributed by atoms with Crippen LogP contribution in [-0.4, -0.2) is 36.6 Å².